The van der Waals surface area contributed by atoms with E-state index in [0.717, 1.165) is 11.3 Å². The lowest BCUT2D eigenvalue weighted by Crippen LogP contribution is -2.22. The first-order valence-corrected chi connectivity index (χ1v) is 6.42. The molecule has 0 saturated carbocycles. The molecular weight excluding hydrogens is 252 g/mol. The van der Waals surface area contributed by atoms with Crippen LogP contribution in [0.15, 0.2) is 52.9 Å². The van der Waals surface area contributed by atoms with Gasteiger partial charge in [0, 0.05) is 18.3 Å². The van der Waals surface area contributed by atoms with Gasteiger partial charge in [0.15, 0.2) is 11.3 Å². The zero-order chi connectivity index (χ0) is 13.9. The lowest BCUT2D eigenvalue weighted by atomic mass is 10.2. The smallest absolute Gasteiger partial charge is 0.287 e. The second-order valence-corrected chi connectivity index (χ2v) is 4.61. The van der Waals surface area contributed by atoms with Crippen molar-refractivity contribution in [2.45, 2.75) is 13.5 Å². The lowest BCUT2D eigenvalue weighted by Gasteiger charge is -2.02. The van der Waals surface area contributed by atoms with Gasteiger partial charge in [0.05, 0.1) is 0 Å². The van der Waals surface area contributed by atoms with Crippen LogP contribution in [0.1, 0.15) is 21.8 Å². The Morgan fingerprint density at radius 2 is 2.00 bits per heavy atom. The summed E-state index contributed by atoms with van der Waals surface area (Å²) in [6.07, 6.45) is 0. The summed E-state index contributed by atoms with van der Waals surface area (Å²) in [4.78, 5) is 16.4. The summed E-state index contributed by atoms with van der Waals surface area (Å²) in [7, 11) is 0. The molecule has 0 bridgehead atoms. The van der Waals surface area contributed by atoms with E-state index in [9.17, 15) is 4.79 Å². The van der Waals surface area contributed by atoms with Gasteiger partial charge in [0.25, 0.3) is 5.91 Å². The summed E-state index contributed by atoms with van der Waals surface area (Å²) in [6, 6.07) is 15.1. The van der Waals surface area contributed by atoms with Gasteiger partial charge in [-0.15, -0.1) is 0 Å². The molecule has 0 spiro atoms. The van der Waals surface area contributed by atoms with Crippen LogP contribution in [0.3, 0.4) is 0 Å². The Balaban J connectivity index is 1.75. The van der Waals surface area contributed by atoms with Crippen molar-refractivity contribution in [3.05, 3.63) is 65.5 Å². The lowest BCUT2D eigenvalue weighted by molar-refractivity contribution is 0.0925. The van der Waals surface area contributed by atoms with E-state index in [1.165, 1.54) is 0 Å². The zero-order valence-corrected chi connectivity index (χ0v) is 11.1. The monoisotopic (exact) mass is 266 g/mol. The number of aryl methyl sites for hydroxylation is 1. The highest BCUT2D eigenvalue weighted by atomic mass is 16.3. The van der Waals surface area contributed by atoms with E-state index in [1.807, 2.05) is 49.4 Å². The first-order chi connectivity index (χ1) is 9.72. The Kier molecular flexibility index (Phi) is 3.21. The fourth-order valence-electron chi connectivity index (χ4n) is 2.00. The number of nitrogens with one attached hydrogen (secondary N) is 1. The molecule has 0 aliphatic carbocycles. The summed E-state index contributed by atoms with van der Waals surface area (Å²) in [5.41, 5.74) is 3.27. The number of fused-ring (bicyclic) bond motifs is 1. The molecular formula is C16H14N2O2. The molecule has 2 heterocycles. The molecule has 2 aromatic heterocycles. The first kappa shape index (κ1) is 12.4. The molecule has 0 aliphatic heterocycles. The van der Waals surface area contributed by atoms with Gasteiger partial charge in [-0.05, 0) is 24.6 Å². The van der Waals surface area contributed by atoms with E-state index in [1.54, 1.807) is 6.07 Å². The summed E-state index contributed by atoms with van der Waals surface area (Å²) in [5, 5.41) is 2.83. The minimum absolute atomic E-state index is 0.232. The maximum Gasteiger partial charge on any atom is 0.287 e. The Labute approximate surface area is 116 Å². The number of aromatic nitrogens is 1. The van der Waals surface area contributed by atoms with Crippen LogP contribution in [0.25, 0.3) is 11.1 Å². The Morgan fingerprint density at radius 3 is 2.80 bits per heavy atom. The van der Waals surface area contributed by atoms with Crippen molar-refractivity contribution < 1.29 is 9.21 Å². The van der Waals surface area contributed by atoms with Crippen molar-refractivity contribution in [3.63, 3.8) is 0 Å². The largest absolute Gasteiger partial charge is 0.449 e. The van der Waals surface area contributed by atoms with Crippen LogP contribution in [-0.2, 0) is 6.54 Å². The quantitative estimate of drug-likeness (QED) is 0.792. The molecule has 0 atom stereocenters. The van der Waals surface area contributed by atoms with Crippen molar-refractivity contribution in [2.75, 3.05) is 0 Å². The molecule has 0 saturated heterocycles. The number of carbonyl (C=O) groups excluding carboxylic acids is 1. The number of pyridine rings is 1. The third kappa shape index (κ3) is 2.54. The van der Waals surface area contributed by atoms with Gasteiger partial charge in [-0.25, -0.2) is 4.98 Å². The minimum atomic E-state index is -0.232. The average molecular weight is 266 g/mol. The summed E-state index contributed by atoms with van der Waals surface area (Å²) < 4.78 is 5.50. The zero-order valence-electron chi connectivity index (χ0n) is 11.1. The topological polar surface area (TPSA) is 55.1 Å². The van der Waals surface area contributed by atoms with Crippen molar-refractivity contribution >= 4 is 17.0 Å². The highest BCUT2D eigenvalue weighted by Gasteiger charge is 2.12. The van der Waals surface area contributed by atoms with Crippen LogP contribution in [-0.4, -0.2) is 10.9 Å². The number of nitrogens with zero attached hydrogens (tertiary/aromatic N) is 1. The molecule has 0 fully saturated rings. The van der Waals surface area contributed by atoms with E-state index in [2.05, 4.69) is 10.3 Å². The molecule has 4 nitrogen and oxygen atoms in total. The molecule has 3 rings (SSSR count). The van der Waals surface area contributed by atoms with E-state index < -0.39 is 0 Å². The third-order valence-electron chi connectivity index (χ3n) is 3.03. The number of benzene rings is 1. The number of amides is 1. The van der Waals surface area contributed by atoms with Gasteiger partial charge >= 0.3 is 0 Å². The second kappa shape index (κ2) is 5.17. The number of furan rings is 1. The molecule has 4 heteroatoms. The van der Waals surface area contributed by atoms with Crippen molar-refractivity contribution in [1.82, 2.24) is 10.3 Å². The fraction of sp³-hybridized carbons (Fsp3) is 0.125. The van der Waals surface area contributed by atoms with Crippen LogP contribution in [0.2, 0.25) is 0 Å². The van der Waals surface area contributed by atoms with Gasteiger partial charge < -0.3 is 9.73 Å². The second-order valence-electron chi connectivity index (χ2n) is 4.61. The number of carbonyl (C=O) groups is 1. The predicted octanol–water partition coefficient (Wildman–Crippen LogP) is 3.07. The minimum Gasteiger partial charge on any atom is -0.449 e. The third-order valence-corrected chi connectivity index (χ3v) is 3.03. The van der Waals surface area contributed by atoms with E-state index in [4.69, 9.17) is 4.42 Å². The molecule has 100 valence electrons. The maximum atomic E-state index is 12.0. The Hall–Kier alpha value is -2.62. The summed E-state index contributed by atoms with van der Waals surface area (Å²) >= 11 is 0. The highest BCUT2D eigenvalue weighted by Crippen LogP contribution is 2.17. The van der Waals surface area contributed by atoms with Crippen molar-refractivity contribution in [1.29, 1.82) is 0 Å². The number of hydrogen-bond acceptors (Lipinski definition) is 3. The number of rotatable bonds is 3. The standard InChI is InChI=1S/C16H14N2O2/c1-11-7-8-14-13(18-11)9-15(20-14)16(19)17-10-12-5-3-2-4-6-12/h2-9H,10H2,1H3,(H,17,19). The molecule has 1 aromatic carbocycles. The Morgan fingerprint density at radius 1 is 1.20 bits per heavy atom. The molecule has 20 heavy (non-hydrogen) atoms. The van der Waals surface area contributed by atoms with E-state index in [-0.39, 0.29) is 11.7 Å². The van der Waals surface area contributed by atoms with Crippen LogP contribution in [0.4, 0.5) is 0 Å². The molecule has 1 N–H and O–H groups in total. The van der Waals surface area contributed by atoms with Crippen LogP contribution < -0.4 is 5.32 Å². The van der Waals surface area contributed by atoms with Gasteiger partial charge in [0.1, 0.15) is 5.52 Å². The summed E-state index contributed by atoms with van der Waals surface area (Å²) in [5.74, 6) is 0.0542. The molecule has 0 aliphatic rings. The van der Waals surface area contributed by atoms with Crippen LogP contribution in [0, 0.1) is 6.92 Å². The highest BCUT2D eigenvalue weighted by molar-refractivity contribution is 5.95. The SMILES string of the molecule is Cc1ccc2oc(C(=O)NCc3ccccc3)cc2n1. The summed E-state index contributed by atoms with van der Waals surface area (Å²) in [6.45, 7) is 2.38. The maximum absolute atomic E-state index is 12.0. The molecule has 0 radical (unpaired) electrons. The van der Waals surface area contributed by atoms with Gasteiger partial charge in [-0.3, -0.25) is 4.79 Å². The van der Waals surface area contributed by atoms with Crippen LogP contribution >= 0.6 is 0 Å². The van der Waals surface area contributed by atoms with E-state index in [0.29, 0.717) is 17.6 Å². The van der Waals surface area contributed by atoms with Gasteiger partial charge in [0.2, 0.25) is 0 Å². The van der Waals surface area contributed by atoms with Gasteiger partial charge in [-0.1, -0.05) is 30.3 Å². The molecule has 0 unspecified atom stereocenters. The first-order valence-electron chi connectivity index (χ1n) is 6.42. The van der Waals surface area contributed by atoms with Crippen molar-refractivity contribution in [2.24, 2.45) is 0 Å². The number of hydrogen-bond donors (Lipinski definition) is 1. The van der Waals surface area contributed by atoms with E-state index >= 15 is 0 Å². The molecule has 3 aromatic rings. The Bertz CT molecular complexity index is 748. The van der Waals surface area contributed by atoms with Crippen molar-refractivity contribution in [3.8, 4) is 0 Å². The van der Waals surface area contributed by atoms with Crippen LogP contribution in [0.5, 0.6) is 0 Å². The molecule has 1 amide bonds. The normalized spacial score (nSPS) is 10.7. The average Bonchev–Trinajstić information content (AvgIpc) is 2.89. The predicted molar refractivity (Wildman–Crippen MR) is 76.4 cm³/mol. The van der Waals surface area contributed by atoms with Gasteiger partial charge in [-0.2, -0.15) is 0 Å². The fourth-order valence-corrected chi connectivity index (χ4v) is 2.00.